The van der Waals surface area contributed by atoms with Gasteiger partial charge in [-0.3, -0.25) is 0 Å². The van der Waals surface area contributed by atoms with Crippen LogP contribution in [0.25, 0.3) is 0 Å². The fraction of sp³-hybridized carbons (Fsp3) is 0.625. The van der Waals surface area contributed by atoms with Crippen molar-refractivity contribution in [3.8, 4) is 0 Å². The molecule has 0 saturated heterocycles. The van der Waals surface area contributed by atoms with Gasteiger partial charge in [0.1, 0.15) is 0 Å². The van der Waals surface area contributed by atoms with Gasteiger partial charge in [0.2, 0.25) is 0 Å². The first-order valence-corrected chi connectivity index (χ1v) is 8.08. The number of thioether (sulfide) groups is 1. The third kappa shape index (κ3) is 5.45. The minimum absolute atomic E-state index is 0.625. The van der Waals surface area contributed by atoms with Crippen molar-refractivity contribution in [3.05, 3.63) is 29.8 Å². The minimum atomic E-state index is 0.625. The van der Waals surface area contributed by atoms with Crippen molar-refractivity contribution in [1.82, 2.24) is 5.32 Å². The number of benzene rings is 1. The van der Waals surface area contributed by atoms with Gasteiger partial charge in [-0.25, -0.2) is 0 Å². The third-order valence-electron chi connectivity index (χ3n) is 3.41. The molecule has 0 aliphatic rings. The van der Waals surface area contributed by atoms with Crippen LogP contribution in [0.15, 0.2) is 29.2 Å². The van der Waals surface area contributed by atoms with Crippen molar-refractivity contribution in [2.24, 2.45) is 5.92 Å². The maximum atomic E-state index is 3.68. The molecule has 1 N–H and O–H groups in total. The second-order valence-electron chi connectivity index (χ2n) is 5.07. The Kier molecular flexibility index (Phi) is 7.45. The fourth-order valence-corrected chi connectivity index (χ4v) is 3.19. The highest BCUT2D eigenvalue weighted by Crippen LogP contribution is 2.22. The lowest BCUT2D eigenvalue weighted by Crippen LogP contribution is -2.37. The van der Waals surface area contributed by atoms with E-state index >= 15 is 0 Å². The molecule has 0 bridgehead atoms. The molecule has 102 valence electrons. The molecule has 0 fully saturated rings. The summed E-state index contributed by atoms with van der Waals surface area (Å²) in [4.78, 5) is 1.39. The summed E-state index contributed by atoms with van der Waals surface area (Å²) in [5.74, 6) is 1.91. The number of rotatable bonds is 8. The molecule has 2 unspecified atom stereocenters. The Morgan fingerprint density at radius 1 is 1.28 bits per heavy atom. The van der Waals surface area contributed by atoms with Crippen LogP contribution < -0.4 is 5.32 Å². The normalized spacial score (nSPS) is 14.4. The summed E-state index contributed by atoms with van der Waals surface area (Å²) in [6.07, 6.45) is 2.46. The smallest absolute Gasteiger partial charge is 0.0187 e. The second-order valence-corrected chi connectivity index (χ2v) is 6.17. The van der Waals surface area contributed by atoms with Crippen molar-refractivity contribution in [2.75, 3.05) is 12.3 Å². The Morgan fingerprint density at radius 3 is 2.67 bits per heavy atom. The average Bonchev–Trinajstić information content (AvgIpc) is 2.38. The molecule has 1 rings (SSSR count). The summed E-state index contributed by atoms with van der Waals surface area (Å²) < 4.78 is 0. The van der Waals surface area contributed by atoms with Crippen LogP contribution in [0.2, 0.25) is 0 Å². The van der Waals surface area contributed by atoms with Crippen molar-refractivity contribution in [1.29, 1.82) is 0 Å². The summed E-state index contributed by atoms with van der Waals surface area (Å²) in [7, 11) is 0. The van der Waals surface area contributed by atoms with Crippen LogP contribution in [0.5, 0.6) is 0 Å². The van der Waals surface area contributed by atoms with Crippen LogP contribution in [0.3, 0.4) is 0 Å². The van der Waals surface area contributed by atoms with Gasteiger partial charge in [0.15, 0.2) is 0 Å². The van der Waals surface area contributed by atoms with Gasteiger partial charge in [-0.05, 0) is 37.9 Å². The van der Waals surface area contributed by atoms with Gasteiger partial charge in [-0.2, -0.15) is 0 Å². The molecule has 0 aliphatic heterocycles. The average molecular weight is 265 g/mol. The van der Waals surface area contributed by atoms with Crippen LogP contribution in [0.1, 0.15) is 39.2 Å². The molecule has 2 heteroatoms. The van der Waals surface area contributed by atoms with Gasteiger partial charge in [-0.15, -0.1) is 11.8 Å². The highest BCUT2D eigenvalue weighted by atomic mass is 32.2. The zero-order valence-corrected chi connectivity index (χ0v) is 13.0. The maximum Gasteiger partial charge on any atom is 0.0187 e. The van der Waals surface area contributed by atoms with Gasteiger partial charge < -0.3 is 5.32 Å². The molecule has 0 saturated carbocycles. The molecular weight excluding hydrogens is 238 g/mol. The summed E-state index contributed by atoms with van der Waals surface area (Å²) in [6, 6.07) is 9.42. The van der Waals surface area contributed by atoms with Gasteiger partial charge in [0, 0.05) is 16.7 Å². The summed E-state index contributed by atoms with van der Waals surface area (Å²) in [5, 5.41) is 3.68. The molecule has 2 atom stereocenters. The Hall–Kier alpha value is -0.470. The zero-order chi connectivity index (χ0) is 13.4. The summed E-state index contributed by atoms with van der Waals surface area (Å²) in [5.41, 5.74) is 1.35. The number of hydrogen-bond donors (Lipinski definition) is 1. The Morgan fingerprint density at radius 2 is 2.06 bits per heavy atom. The fourth-order valence-electron chi connectivity index (χ4n) is 1.93. The summed E-state index contributed by atoms with van der Waals surface area (Å²) >= 11 is 1.97. The van der Waals surface area contributed by atoms with Gasteiger partial charge in [-0.1, -0.05) is 44.9 Å². The highest BCUT2D eigenvalue weighted by Gasteiger charge is 2.15. The molecule has 1 aromatic rings. The standard InChI is InChI=1S/C16H27NS/c1-5-10-17-16(14(4)6-2)12-18-15-9-7-8-13(3)11-15/h7-9,11,14,16-17H,5-6,10,12H2,1-4H3. The quantitative estimate of drug-likeness (QED) is 0.694. The Balaban J connectivity index is 2.50. The molecule has 1 nitrogen and oxygen atoms in total. The van der Waals surface area contributed by atoms with E-state index in [1.165, 1.54) is 29.1 Å². The van der Waals surface area contributed by atoms with E-state index in [1.807, 2.05) is 11.8 Å². The molecule has 0 aliphatic carbocycles. The number of nitrogens with one attached hydrogen (secondary N) is 1. The predicted molar refractivity (Wildman–Crippen MR) is 83.4 cm³/mol. The minimum Gasteiger partial charge on any atom is -0.313 e. The molecule has 18 heavy (non-hydrogen) atoms. The second kappa shape index (κ2) is 8.60. The lowest BCUT2D eigenvalue weighted by molar-refractivity contribution is 0.397. The SMILES string of the molecule is CCCNC(CSc1cccc(C)c1)C(C)CC. The lowest BCUT2D eigenvalue weighted by Gasteiger charge is -2.24. The van der Waals surface area contributed by atoms with Crippen molar-refractivity contribution in [3.63, 3.8) is 0 Å². The predicted octanol–water partition coefficient (Wildman–Crippen LogP) is 4.50. The number of hydrogen-bond acceptors (Lipinski definition) is 2. The van der Waals surface area contributed by atoms with Gasteiger partial charge >= 0.3 is 0 Å². The Labute approximate surface area is 117 Å². The first-order valence-electron chi connectivity index (χ1n) is 7.10. The lowest BCUT2D eigenvalue weighted by atomic mass is 10.0. The van der Waals surface area contributed by atoms with Gasteiger partial charge in [0.05, 0.1) is 0 Å². The van der Waals surface area contributed by atoms with Gasteiger partial charge in [0.25, 0.3) is 0 Å². The largest absolute Gasteiger partial charge is 0.313 e. The van der Waals surface area contributed by atoms with E-state index in [-0.39, 0.29) is 0 Å². The first-order chi connectivity index (χ1) is 8.67. The first kappa shape index (κ1) is 15.6. The van der Waals surface area contributed by atoms with E-state index in [2.05, 4.69) is 57.3 Å². The van der Waals surface area contributed by atoms with Crippen LogP contribution in [0.4, 0.5) is 0 Å². The van der Waals surface area contributed by atoms with E-state index in [4.69, 9.17) is 0 Å². The van der Waals surface area contributed by atoms with Crippen molar-refractivity contribution < 1.29 is 0 Å². The zero-order valence-electron chi connectivity index (χ0n) is 12.2. The van der Waals surface area contributed by atoms with Crippen molar-refractivity contribution in [2.45, 2.75) is 51.5 Å². The van der Waals surface area contributed by atoms with Crippen LogP contribution in [-0.2, 0) is 0 Å². The van der Waals surface area contributed by atoms with Crippen LogP contribution >= 0.6 is 11.8 Å². The Bertz CT molecular complexity index is 338. The van der Waals surface area contributed by atoms with Crippen LogP contribution in [-0.4, -0.2) is 18.3 Å². The van der Waals surface area contributed by atoms with E-state index in [9.17, 15) is 0 Å². The highest BCUT2D eigenvalue weighted by molar-refractivity contribution is 7.99. The molecule has 0 spiro atoms. The maximum absolute atomic E-state index is 3.68. The molecular formula is C16H27NS. The van der Waals surface area contributed by atoms with E-state index in [1.54, 1.807) is 0 Å². The summed E-state index contributed by atoms with van der Waals surface area (Å²) in [6.45, 7) is 10.1. The monoisotopic (exact) mass is 265 g/mol. The molecule has 0 aromatic heterocycles. The molecule has 0 heterocycles. The molecule has 0 amide bonds. The molecule has 0 radical (unpaired) electrons. The van der Waals surface area contributed by atoms with Crippen molar-refractivity contribution >= 4 is 11.8 Å². The van der Waals surface area contributed by atoms with E-state index < -0.39 is 0 Å². The van der Waals surface area contributed by atoms with E-state index in [0.717, 1.165) is 12.5 Å². The number of aryl methyl sites for hydroxylation is 1. The topological polar surface area (TPSA) is 12.0 Å². The molecule has 1 aromatic carbocycles. The third-order valence-corrected chi connectivity index (χ3v) is 4.52. The van der Waals surface area contributed by atoms with E-state index in [0.29, 0.717) is 6.04 Å². The van der Waals surface area contributed by atoms with Crippen LogP contribution in [0, 0.1) is 12.8 Å².